The Labute approximate surface area is 96.5 Å². The normalized spacial score (nSPS) is 12.1. The van der Waals surface area contributed by atoms with Crippen molar-refractivity contribution in [3.63, 3.8) is 0 Å². The molecule has 16 heavy (non-hydrogen) atoms. The molecule has 0 spiro atoms. The fourth-order valence-corrected chi connectivity index (χ4v) is 1.38. The summed E-state index contributed by atoms with van der Waals surface area (Å²) in [5.41, 5.74) is 0.881. The summed E-state index contributed by atoms with van der Waals surface area (Å²) in [6.07, 6.45) is 2.76. The van der Waals surface area contributed by atoms with E-state index in [9.17, 15) is 4.79 Å². The first kappa shape index (κ1) is 12.6. The summed E-state index contributed by atoms with van der Waals surface area (Å²) in [5, 5.41) is 5.95. The van der Waals surface area contributed by atoms with Gasteiger partial charge in [-0.05, 0) is 32.0 Å². The second kappa shape index (κ2) is 6.95. The van der Waals surface area contributed by atoms with Gasteiger partial charge < -0.3 is 10.6 Å². The molecule has 0 saturated heterocycles. The highest BCUT2D eigenvalue weighted by atomic mass is 16.1. The van der Waals surface area contributed by atoms with Gasteiger partial charge in [0.1, 0.15) is 0 Å². The maximum atomic E-state index is 11.5. The number of hydrogen-bond donors (Lipinski definition) is 2. The van der Waals surface area contributed by atoms with Gasteiger partial charge in [0.15, 0.2) is 0 Å². The highest BCUT2D eigenvalue weighted by molar-refractivity contribution is 5.78. The van der Waals surface area contributed by atoms with Crippen LogP contribution in [0.4, 0.5) is 0 Å². The Bertz CT molecular complexity index is 313. The topological polar surface area (TPSA) is 54.0 Å². The maximum Gasteiger partial charge on any atom is 0.234 e. The van der Waals surface area contributed by atoms with Crippen molar-refractivity contribution < 1.29 is 4.79 Å². The van der Waals surface area contributed by atoms with Gasteiger partial charge in [-0.1, -0.05) is 13.0 Å². The number of carbonyl (C=O) groups is 1. The van der Waals surface area contributed by atoms with Crippen molar-refractivity contribution in [2.75, 3.05) is 13.1 Å². The number of amides is 1. The molecule has 0 aromatic carbocycles. The van der Waals surface area contributed by atoms with Crippen molar-refractivity contribution in [2.24, 2.45) is 0 Å². The molecule has 1 aromatic rings. The predicted molar refractivity (Wildman–Crippen MR) is 64.0 cm³/mol. The number of nitrogens with zero attached hydrogens (tertiary/aromatic N) is 1. The third-order valence-corrected chi connectivity index (χ3v) is 2.22. The van der Waals surface area contributed by atoms with Crippen LogP contribution in [0.15, 0.2) is 24.4 Å². The van der Waals surface area contributed by atoms with Crippen LogP contribution in [0.5, 0.6) is 0 Å². The Kier molecular flexibility index (Phi) is 5.50. The first-order valence-corrected chi connectivity index (χ1v) is 5.65. The predicted octanol–water partition coefficient (Wildman–Crippen LogP) is 1.26. The molecule has 88 valence electrons. The Hall–Kier alpha value is -1.42. The average Bonchev–Trinajstić information content (AvgIpc) is 2.30. The van der Waals surface area contributed by atoms with E-state index in [4.69, 9.17) is 0 Å². The molecular weight excluding hydrogens is 202 g/mol. The largest absolute Gasteiger partial charge is 0.347 e. The monoisotopic (exact) mass is 221 g/mol. The van der Waals surface area contributed by atoms with E-state index in [1.807, 2.05) is 25.1 Å². The van der Waals surface area contributed by atoms with Crippen LogP contribution in [0.1, 0.15) is 32.0 Å². The molecule has 0 aliphatic rings. The molecule has 0 aliphatic carbocycles. The van der Waals surface area contributed by atoms with E-state index in [1.165, 1.54) is 0 Å². The van der Waals surface area contributed by atoms with E-state index in [0.29, 0.717) is 6.54 Å². The van der Waals surface area contributed by atoms with Gasteiger partial charge >= 0.3 is 0 Å². The SMILES string of the molecule is CCCNCC(=O)NC(C)c1ccccn1. The minimum Gasteiger partial charge on any atom is -0.347 e. The molecule has 1 amide bonds. The first-order valence-electron chi connectivity index (χ1n) is 5.65. The van der Waals surface area contributed by atoms with Crippen LogP contribution in [0, 0.1) is 0 Å². The Balaban J connectivity index is 2.34. The van der Waals surface area contributed by atoms with Gasteiger partial charge in [0.05, 0.1) is 18.3 Å². The van der Waals surface area contributed by atoms with Crippen LogP contribution in [-0.2, 0) is 4.79 Å². The summed E-state index contributed by atoms with van der Waals surface area (Å²) >= 11 is 0. The van der Waals surface area contributed by atoms with Gasteiger partial charge in [-0.3, -0.25) is 9.78 Å². The Morgan fingerprint density at radius 3 is 2.94 bits per heavy atom. The zero-order valence-electron chi connectivity index (χ0n) is 9.86. The molecule has 1 atom stereocenters. The molecule has 1 aromatic heterocycles. The van der Waals surface area contributed by atoms with Gasteiger partial charge in [-0.25, -0.2) is 0 Å². The fourth-order valence-electron chi connectivity index (χ4n) is 1.38. The molecule has 1 heterocycles. The number of carbonyl (C=O) groups excluding carboxylic acids is 1. The second-order valence-electron chi connectivity index (χ2n) is 3.72. The van der Waals surface area contributed by atoms with Crippen LogP contribution < -0.4 is 10.6 Å². The molecule has 0 fully saturated rings. The third kappa shape index (κ3) is 4.40. The lowest BCUT2D eigenvalue weighted by Crippen LogP contribution is -2.35. The van der Waals surface area contributed by atoms with Crippen LogP contribution in [0.2, 0.25) is 0 Å². The van der Waals surface area contributed by atoms with Crippen molar-refractivity contribution in [3.8, 4) is 0 Å². The molecule has 0 radical (unpaired) electrons. The van der Waals surface area contributed by atoms with Crippen LogP contribution >= 0.6 is 0 Å². The molecule has 1 rings (SSSR count). The summed E-state index contributed by atoms with van der Waals surface area (Å²) in [6.45, 7) is 5.23. The molecule has 4 heteroatoms. The lowest BCUT2D eigenvalue weighted by atomic mass is 10.2. The Morgan fingerprint density at radius 2 is 2.31 bits per heavy atom. The van der Waals surface area contributed by atoms with Gasteiger partial charge in [-0.15, -0.1) is 0 Å². The second-order valence-corrected chi connectivity index (χ2v) is 3.72. The van der Waals surface area contributed by atoms with E-state index in [0.717, 1.165) is 18.7 Å². The van der Waals surface area contributed by atoms with Gasteiger partial charge in [0.25, 0.3) is 0 Å². The number of rotatable bonds is 6. The average molecular weight is 221 g/mol. The first-order chi connectivity index (χ1) is 7.74. The van der Waals surface area contributed by atoms with Gasteiger partial charge in [0.2, 0.25) is 5.91 Å². The number of aromatic nitrogens is 1. The van der Waals surface area contributed by atoms with Crippen molar-refractivity contribution in [1.29, 1.82) is 0 Å². The molecule has 0 bridgehead atoms. The number of pyridine rings is 1. The van der Waals surface area contributed by atoms with Crippen molar-refractivity contribution >= 4 is 5.91 Å². The van der Waals surface area contributed by atoms with Crippen molar-refractivity contribution in [3.05, 3.63) is 30.1 Å². The molecule has 0 aliphatic heterocycles. The highest BCUT2D eigenvalue weighted by Crippen LogP contribution is 2.06. The highest BCUT2D eigenvalue weighted by Gasteiger charge is 2.09. The molecule has 0 saturated carbocycles. The van der Waals surface area contributed by atoms with Gasteiger partial charge in [0, 0.05) is 6.20 Å². The Morgan fingerprint density at radius 1 is 1.50 bits per heavy atom. The van der Waals surface area contributed by atoms with E-state index >= 15 is 0 Å². The summed E-state index contributed by atoms with van der Waals surface area (Å²) in [5.74, 6) is 0.00611. The third-order valence-electron chi connectivity index (χ3n) is 2.22. The van der Waals surface area contributed by atoms with Crippen molar-refractivity contribution in [2.45, 2.75) is 26.3 Å². The van der Waals surface area contributed by atoms with E-state index in [-0.39, 0.29) is 11.9 Å². The molecular formula is C12H19N3O. The molecule has 1 unspecified atom stereocenters. The number of hydrogen-bond acceptors (Lipinski definition) is 3. The van der Waals surface area contributed by atoms with Crippen LogP contribution in [0.3, 0.4) is 0 Å². The maximum absolute atomic E-state index is 11.5. The van der Waals surface area contributed by atoms with E-state index in [2.05, 4.69) is 22.5 Å². The minimum absolute atomic E-state index is 0.00611. The zero-order valence-corrected chi connectivity index (χ0v) is 9.86. The fraction of sp³-hybridized carbons (Fsp3) is 0.500. The standard InChI is InChI=1S/C12H19N3O/c1-3-7-13-9-12(16)15-10(2)11-6-4-5-8-14-11/h4-6,8,10,13H,3,7,9H2,1-2H3,(H,15,16). The molecule has 4 nitrogen and oxygen atoms in total. The lowest BCUT2D eigenvalue weighted by molar-refractivity contribution is -0.120. The minimum atomic E-state index is -0.0443. The molecule has 2 N–H and O–H groups in total. The summed E-state index contributed by atoms with van der Waals surface area (Å²) < 4.78 is 0. The summed E-state index contributed by atoms with van der Waals surface area (Å²) in [6, 6.07) is 5.64. The number of nitrogens with one attached hydrogen (secondary N) is 2. The smallest absolute Gasteiger partial charge is 0.234 e. The van der Waals surface area contributed by atoms with Gasteiger partial charge in [-0.2, -0.15) is 0 Å². The van der Waals surface area contributed by atoms with Crippen LogP contribution in [0.25, 0.3) is 0 Å². The van der Waals surface area contributed by atoms with Crippen molar-refractivity contribution in [1.82, 2.24) is 15.6 Å². The quantitative estimate of drug-likeness (QED) is 0.711. The van der Waals surface area contributed by atoms with Crippen LogP contribution in [-0.4, -0.2) is 24.0 Å². The van der Waals surface area contributed by atoms with E-state index in [1.54, 1.807) is 6.20 Å². The van der Waals surface area contributed by atoms with E-state index < -0.39 is 0 Å². The summed E-state index contributed by atoms with van der Waals surface area (Å²) in [7, 11) is 0. The zero-order chi connectivity index (χ0) is 11.8. The summed E-state index contributed by atoms with van der Waals surface area (Å²) in [4.78, 5) is 15.7. The lowest BCUT2D eigenvalue weighted by Gasteiger charge is -2.13.